The van der Waals surface area contributed by atoms with Crippen molar-refractivity contribution in [2.24, 2.45) is 0 Å². The molecule has 0 spiro atoms. The normalized spacial score (nSPS) is 13.8. The van der Waals surface area contributed by atoms with E-state index in [1.54, 1.807) is 0 Å². The van der Waals surface area contributed by atoms with E-state index in [-0.39, 0.29) is 0 Å². The monoisotopic (exact) mass is 730 g/mol. The average Bonchev–Trinajstić information content (AvgIpc) is 3.27. The lowest BCUT2D eigenvalue weighted by Gasteiger charge is -2.33. The highest BCUT2D eigenvalue weighted by atomic mass is 15.2. The molecule has 1 atom stereocenters. The first-order valence-corrected chi connectivity index (χ1v) is 19.9. The van der Waals surface area contributed by atoms with Crippen molar-refractivity contribution in [1.82, 2.24) is 0 Å². The Morgan fingerprint density at radius 3 is 1.26 bits per heavy atom. The molecule has 1 aliphatic carbocycles. The Balaban J connectivity index is 0.951. The topological polar surface area (TPSA) is 6.48 Å². The zero-order valence-corrected chi connectivity index (χ0v) is 32.0. The van der Waals surface area contributed by atoms with Crippen molar-refractivity contribution in [1.29, 1.82) is 0 Å². The van der Waals surface area contributed by atoms with E-state index in [0.29, 0.717) is 5.92 Å². The number of hydrogen-bond acceptors (Lipinski definition) is 2. The molecule has 10 rings (SSSR count). The molecule has 0 fully saturated rings. The van der Waals surface area contributed by atoms with E-state index < -0.39 is 0 Å². The lowest BCUT2D eigenvalue weighted by atomic mass is 9.86. The van der Waals surface area contributed by atoms with Crippen molar-refractivity contribution in [3.05, 3.63) is 228 Å². The SMILES string of the molecule is CC1CC(N(c2ccc(/C=C/c3ccc(N(c4ccc5ccccc5c4)c4ccc5ccccc5c4)cc3)cc2)c2ccc3ccccc3c2)=Cc2ccccc21. The van der Waals surface area contributed by atoms with Crippen molar-refractivity contribution in [3.63, 3.8) is 0 Å². The quantitative estimate of drug-likeness (QED) is 0.144. The molecule has 9 aromatic carbocycles. The molecule has 1 unspecified atom stereocenters. The summed E-state index contributed by atoms with van der Waals surface area (Å²) in [5, 5.41) is 7.42. The van der Waals surface area contributed by atoms with E-state index in [2.05, 4.69) is 235 Å². The van der Waals surface area contributed by atoms with E-state index in [4.69, 9.17) is 0 Å². The number of rotatable bonds is 8. The molecule has 2 nitrogen and oxygen atoms in total. The fraction of sp³-hybridized carbons (Fsp3) is 0.0545. The summed E-state index contributed by atoms with van der Waals surface area (Å²) in [5.74, 6) is 0.435. The second-order valence-electron chi connectivity index (χ2n) is 15.2. The number of allylic oxidation sites excluding steroid dienone is 1. The van der Waals surface area contributed by atoms with E-state index in [1.807, 2.05) is 0 Å². The van der Waals surface area contributed by atoms with Crippen LogP contribution >= 0.6 is 0 Å². The van der Waals surface area contributed by atoms with Crippen LogP contribution in [0, 0.1) is 0 Å². The van der Waals surface area contributed by atoms with Crippen LogP contribution in [0.2, 0.25) is 0 Å². The summed E-state index contributed by atoms with van der Waals surface area (Å²) in [5.41, 5.74) is 12.1. The highest BCUT2D eigenvalue weighted by molar-refractivity contribution is 5.93. The smallest absolute Gasteiger partial charge is 0.0468 e. The van der Waals surface area contributed by atoms with Crippen LogP contribution in [-0.2, 0) is 0 Å². The Kier molecular flexibility index (Phi) is 8.93. The summed E-state index contributed by atoms with van der Waals surface area (Å²) in [7, 11) is 0. The minimum Gasteiger partial charge on any atom is -0.314 e. The minimum absolute atomic E-state index is 0.435. The Morgan fingerprint density at radius 2 is 0.772 bits per heavy atom. The predicted octanol–water partition coefficient (Wildman–Crippen LogP) is 15.5. The van der Waals surface area contributed by atoms with Crippen LogP contribution in [0.1, 0.15) is 41.5 Å². The molecular weight excluding hydrogens is 689 g/mol. The van der Waals surface area contributed by atoms with Gasteiger partial charge in [-0.3, -0.25) is 0 Å². The third-order valence-electron chi connectivity index (χ3n) is 11.4. The second kappa shape index (κ2) is 14.8. The van der Waals surface area contributed by atoms with E-state index in [9.17, 15) is 0 Å². The zero-order valence-electron chi connectivity index (χ0n) is 32.0. The molecular formula is C55H42N2. The minimum atomic E-state index is 0.435. The summed E-state index contributed by atoms with van der Waals surface area (Å²) in [6, 6.07) is 72.7. The summed E-state index contributed by atoms with van der Waals surface area (Å²) in [6.07, 6.45) is 7.77. The zero-order chi connectivity index (χ0) is 38.1. The predicted molar refractivity (Wildman–Crippen MR) is 245 cm³/mol. The van der Waals surface area contributed by atoms with E-state index in [1.165, 1.54) is 54.8 Å². The fourth-order valence-electron chi connectivity index (χ4n) is 8.45. The first-order valence-electron chi connectivity index (χ1n) is 19.9. The molecule has 2 heteroatoms. The standard InChI is InChI=1S/C55H42N2/c1-39-34-54(38-48-16-8-9-17-55(39)48)57(53-33-26-44-12-4-7-15-47(44)37-53)50-29-22-41(23-30-50)19-18-40-20-27-49(28-21-40)56(51-31-24-42-10-2-5-13-45(42)35-51)52-32-25-43-11-3-6-14-46(43)36-52/h2-33,35-39H,34H2,1H3/b19-18+. The van der Waals surface area contributed by atoms with Gasteiger partial charge in [0.25, 0.3) is 0 Å². The van der Waals surface area contributed by atoms with E-state index in [0.717, 1.165) is 40.3 Å². The highest BCUT2D eigenvalue weighted by Gasteiger charge is 2.23. The lowest BCUT2D eigenvalue weighted by Crippen LogP contribution is -2.20. The molecule has 0 heterocycles. The largest absolute Gasteiger partial charge is 0.314 e. The van der Waals surface area contributed by atoms with Gasteiger partial charge < -0.3 is 9.80 Å². The Bertz CT molecular complexity index is 2870. The number of hydrogen-bond donors (Lipinski definition) is 0. The molecule has 57 heavy (non-hydrogen) atoms. The van der Waals surface area contributed by atoms with Crippen molar-refractivity contribution in [2.45, 2.75) is 19.3 Å². The van der Waals surface area contributed by atoms with Gasteiger partial charge in [0.05, 0.1) is 0 Å². The Hall–Kier alpha value is -7.16. The molecule has 0 amide bonds. The third-order valence-corrected chi connectivity index (χ3v) is 11.4. The summed E-state index contributed by atoms with van der Waals surface area (Å²) >= 11 is 0. The number of nitrogens with zero attached hydrogens (tertiary/aromatic N) is 2. The van der Waals surface area contributed by atoms with Gasteiger partial charge in [-0.15, -0.1) is 0 Å². The van der Waals surface area contributed by atoms with Crippen molar-refractivity contribution in [3.8, 4) is 0 Å². The first kappa shape index (κ1) is 34.3. The Labute approximate surface area is 334 Å². The summed E-state index contributed by atoms with van der Waals surface area (Å²) < 4.78 is 0. The molecule has 0 bridgehead atoms. The molecule has 0 radical (unpaired) electrons. The molecule has 0 N–H and O–H groups in total. The van der Waals surface area contributed by atoms with Gasteiger partial charge >= 0.3 is 0 Å². The van der Waals surface area contributed by atoms with Gasteiger partial charge in [-0.1, -0.05) is 159 Å². The van der Waals surface area contributed by atoms with Crippen LogP contribution in [0.4, 0.5) is 28.4 Å². The van der Waals surface area contributed by atoms with Gasteiger partial charge in [0.1, 0.15) is 0 Å². The van der Waals surface area contributed by atoms with Gasteiger partial charge in [-0.25, -0.2) is 0 Å². The molecule has 0 saturated heterocycles. The maximum Gasteiger partial charge on any atom is 0.0468 e. The lowest BCUT2D eigenvalue weighted by molar-refractivity contribution is 0.730. The van der Waals surface area contributed by atoms with Crippen LogP contribution in [0.5, 0.6) is 0 Å². The van der Waals surface area contributed by atoms with Crippen molar-refractivity contribution >= 4 is 79.0 Å². The van der Waals surface area contributed by atoms with Gasteiger partial charge in [0.15, 0.2) is 0 Å². The molecule has 0 saturated carbocycles. The van der Waals surface area contributed by atoms with Crippen LogP contribution in [0.15, 0.2) is 206 Å². The van der Waals surface area contributed by atoms with Crippen molar-refractivity contribution < 1.29 is 0 Å². The molecule has 1 aliphatic rings. The summed E-state index contributed by atoms with van der Waals surface area (Å²) in [6.45, 7) is 2.34. The number of anilines is 5. The van der Waals surface area contributed by atoms with Crippen LogP contribution in [0.3, 0.4) is 0 Å². The average molecular weight is 731 g/mol. The third kappa shape index (κ3) is 6.88. The number of fused-ring (bicyclic) bond motifs is 4. The molecule has 0 aromatic heterocycles. The van der Waals surface area contributed by atoms with Crippen LogP contribution < -0.4 is 9.80 Å². The second-order valence-corrected chi connectivity index (χ2v) is 15.2. The van der Waals surface area contributed by atoms with Gasteiger partial charge in [0.2, 0.25) is 0 Å². The Morgan fingerprint density at radius 1 is 0.386 bits per heavy atom. The molecule has 272 valence electrons. The number of benzene rings is 9. The highest BCUT2D eigenvalue weighted by Crippen LogP contribution is 2.42. The van der Waals surface area contributed by atoms with E-state index >= 15 is 0 Å². The molecule has 0 aliphatic heterocycles. The van der Waals surface area contributed by atoms with Crippen LogP contribution in [-0.4, -0.2) is 0 Å². The molecule has 9 aromatic rings. The van der Waals surface area contributed by atoms with Gasteiger partial charge in [0, 0.05) is 34.1 Å². The van der Waals surface area contributed by atoms with Crippen molar-refractivity contribution in [2.75, 3.05) is 9.80 Å². The fourth-order valence-corrected chi connectivity index (χ4v) is 8.45. The maximum absolute atomic E-state index is 2.45. The first-order chi connectivity index (χ1) is 28.1. The van der Waals surface area contributed by atoms with Crippen LogP contribution in [0.25, 0.3) is 50.5 Å². The summed E-state index contributed by atoms with van der Waals surface area (Å²) in [4.78, 5) is 4.80. The van der Waals surface area contributed by atoms with Gasteiger partial charge in [-0.2, -0.15) is 0 Å². The maximum atomic E-state index is 2.45. The van der Waals surface area contributed by atoms with Gasteiger partial charge in [-0.05, 0) is 134 Å².